The van der Waals surface area contributed by atoms with Gasteiger partial charge in [-0.2, -0.15) is 0 Å². The highest BCUT2D eigenvalue weighted by atomic mass is 32.1. The number of hydrogen-bond donors (Lipinski definition) is 1. The lowest BCUT2D eigenvalue weighted by atomic mass is 10.1. The molecule has 2 aromatic rings. The number of amides is 2. The maximum absolute atomic E-state index is 12.7. The first-order chi connectivity index (χ1) is 13.6. The topological polar surface area (TPSA) is 84.4 Å². The maximum Gasteiger partial charge on any atom is 0.231 e. The van der Waals surface area contributed by atoms with Crippen molar-refractivity contribution in [3.63, 3.8) is 0 Å². The largest absolute Gasteiger partial charge is 0.492 e. The van der Waals surface area contributed by atoms with Crippen LogP contribution in [-0.2, 0) is 9.59 Å². The summed E-state index contributed by atoms with van der Waals surface area (Å²) < 4.78 is 5.62. The van der Waals surface area contributed by atoms with Crippen molar-refractivity contribution in [3.05, 3.63) is 29.3 Å². The number of ether oxygens (including phenoxy) is 1. The molecule has 3 rings (SSSR count). The quantitative estimate of drug-likeness (QED) is 0.725. The van der Waals surface area contributed by atoms with E-state index in [0.717, 1.165) is 17.8 Å². The summed E-state index contributed by atoms with van der Waals surface area (Å²) in [4.78, 5) is 26.8. The first-order valence-corrected chi connectivity index (χ1v) is 10.5. The molecule has 2 amide bonds. The minimum absolute atomic E-state index is 0.0812. The number of aromatic nitrogens is 2. The summed E-state index contributed by atoms with van der Waals surface area (Å²) in [5.41, 5.74) is 0.705. The average Bonchev–Trinajstić information content (AvgIpc) is 3.30. The van der Waals surface area contributed by atoms with Gasteiger partial charge in [0.1, 0.15) is 10.8 Å². The van der Waals surface area contributed by atoms with E-state index in [1.807, 2.05) is 31.2 Å². The van der Waals surface area contributed by atoms with E-state index in [-0.39, 0.29) is 18.2 Å². The lowest BCUT2D eigenvalue weighted by Gasteiger charge is -2.20. The summed E-state index contributed by atoms with van der Waals surface area (Å²) in [7, 11) is 0. The predicted molar refractivity (Wildman–Crippen MR) is 110 cm³/mol. The molecule has 1 aromatic heterocycles. The molecule has 0 saturated carbocycles. The van der Waals surface area contributed by atoms with Gasteiger partial charge in [0.05, 0.1) is 18.2 Å². The Morgan fingerprint density at radius 3 is 2.75 bits per heavy atom. The molecule has 7 nitrogen and oxygen atoms in total. The molecule has 0 aliphatic carbocycles. The van der Waals surface area contributed by atoms with Crippen LogP contribution in [0, 0.1) is 5.92 Å². The molecule has 0 radical (unpaired) electrons. The van der Waals surface area contributed by atoms with E-state index in [9.17, 15) is 9.59 Å². The third-order valence-corrected chi connectivity index (χ3v) is 5.96. The third kappa shape index (κ3) is 4.32. The molecule has 1 aromatic carbocycles. The van der Waals surface area contributed by atoms with Gasteiger partial charge in [0, 0.05) is 18.9 Å². The zero-order valence-electron chi connectivity index (χ0n) is 16.5. The number of nitrogens with zero attached hydrogens (tertiary/aromatic N) is 3. The molecule has 28 heavy (non-hydrogen) atoms. The molecule has 2 heterocycles. The first-order valence-electron chi connectivity index (χ1n) is 9.73. The first kappa shape index (κ1) is 20.3. The lowest BCUT2D eigenvalue weighted by Crippen LogP contribution is -2.28. The van der Waals surface area contributed by atoms with Gasteiger partial charge in [-0.05, 0) is 31.9 Å². The van der Waals surface area contributed by atoms with Gasteiger partial charge >= 0.3 is 0 Å². The third-order valence-electron chi connectivity index (χ3n) is 4.96. The number of hydrogen-bond acceptors (Lipinski definition) is 6. The summed E-state index contributed by atoms with van der Waals surface area (Å²) in [6.45, 7) is 6.97. The van der Waals surface area contributed by atoms with E-state index in [2.05, 4.69) is 29.4 Å². The van der Waals surface area contributed by atoms with Crippen molar-refractivity contribution in [2.75, 3.05) is 23.4 Å². The fraction of sp³-hybridized carbons (Fsp3) is 0.500. The highest BCUT2D eigenvalue weighted by Gasteiger charge is 2.36. The second-order valence-electron chi connectivity index (χ2n) is 6.75. The molecular weight excluding hydrogens is 376 g/mol. The molecule has 0 bridgehead atoms. The number of para-hydroxylation sites is 2. The number of carbonyl (C=O) groups is 2. The zero-order chi connectivity index (χ0) is 20.1. The molecule has 1 saturated heterocycles. The van der Waals surface area contributed by atoms with E-state index in [1.165, 1.54) is 11.3 Å². The van der Waals surface area contributed by atoms with E-state index >= 15 is 0 Å². The molecule has 0 spiro atoms. The van der Waals surface area contributed by atoms with Crippen molar-refractivity contribution < 1.29 is 14.3 Å². The predicted octanol–water partition coefficient (Wildman–Crippen LogP) is 3.83. The fourth-order valence-electron chi connectivity index (χ4n) is 3.37. The number of carbonyl (C=O) groups excluding carboxylic acids is 2. The molecule has 8 heteroatoms. The number of anilines is 2. The SMILES string of the molecule is CCOc1ccccc1N1CC(C(=O)Nc2nnc(C(CC)CC)s2)CC1=O. The number of benzene rings is 1. The molecule has 1 aliphatic heterocycles. The van der Waals surface area contributed by atoms with Gasteiger partial charge in [-0.15, -0.1) is 10.2 Å². The summed E-state index contributed by atoms with van der Waals surface area (Å²) in [5, 5.41) is 12.6. The highest BCUT2D eigenvalue weighted by molar-refractivity contribution is 7.15. The van der Waals surface area contributed by atoms with Gasteiger partial charge in [0.15, 0.2) is 0 Å². The Morgan fingerprint density at radius 1 is 1.29 bits per heavy atom. The number of rotatable bonds is 8. The second-order valence-corrected chi connectivity index (χ2v) is 7.76. The van der Waals surface area contributed by atoms with Crippen molar-refractivity contribution >= 4 is 34.0 Å². The maximum atomic E-state index is 12.7. The van der Waals surface area contributed by atoms with E-state index in [0.29, 0.717) is 35.6 Å². The Labute approximate surface area is 169 Å². The Kier molecular flexibility index (Phi) is 6.61. The van der Waals surface area contributed by atoms with Crippen LogP contribution in [0.2, 0.25) is 0 Å². The summed E-state index contributed by atoms with van der Waals surface area (Å²) in [6, 6.07) is 7.40. The fourth-order valence-corrected chi connectivity index (χ4v) is 4.38. The smallest absolute Gasteiger partial charge is 0.231 e. The van der Waals surface area contributed by atoms with Gasteiger partial charge in [-0.3, -0.25) is 9.59 Å². The molecule has 1 unspecified atom stereocenters. The van der Waals surface area contributed by atoms with Crippen LogP contribution in [-0.4, -0.2) is 35.2 Å². The van der Waals surface area contributed by atoms with Gasteiger partial charge in [0.25, 0.3) is 0 Å². The lowest BCUT2D eigenvalue weighted by molar-refractivity contribution is -0.122. The van der Waals surface area contributed by atoms with Crippen molar-refractivity contribution in [2.24, 2.45) is 5.92 Å². The van der Waals surface area contributed by atoms with Gasteiger partial charge in [-0.1, -0.05) is 37.3 Å². The molecule has 1 N–H and O–H groups in total. The molecule has 1 aliphatic rings. The van der Waals surface area contributed by atoms with Gasteiger partial charge in [0.2, 0.25) is 16.9 Å². The van der Waals surface area contributed by atoms with Crippen LogP contribution >= 0.6 is 11.3 Å². The Morgan fingerprint density at radius 2 is 2.04 bits per heavy atom. The van der Waals surface area contributed by atoms with Crippen molar-refractivity contribution in [1.82, 2.24) is 10.2 Å². The Hall–Kier alpha value is -2.48. The van der Waals surface area contributed by atoms with Crippen LogP contribution < -0.4 is 15.0 Å². The summed E-state index contributed by atoms with van der Waals surface area (Å²) in [6.07, 6.45) is 2.15. The van der Waals surface area contributed by atoms with Crippen LogP contribution in [0.25, 0.3) is 0 Å². The van der Waals surface area contributed by atoms with E-state index in [1.54, 1.807) is 4.90 Å². The Balaban J connectivity index is 1.68. The number of nitrogens with one attached hydrogen (secondary N) is 1. The van der Waals surface area contributed by atoms with Gasteiger partial charge in [-0.25, -0.2) is 0 Å². The van der Waals surface area contributed by atoms with Crippen LogP contribution in [0.3, 0.4) is 0 Å². The minimum atomic E-state index is -0.428. The standard InChI is InChI=1S/C20H26N4O3S/c1-4-13(5-2)19-22-23-20(28-19)21-18(26)14-11-17(25)24(12-14)15-9-7-8-10-16(15)27-6-3/h7-10,13-14H,4-6,11-12H2,1-3H3,(H,21,23,26). The van der Waals surface area contributed by atoms with E-state index in [4.69, 9.17) is 4.74 Å². The normalized spacial score (nSPS) is 16.6. The average molecular weight is 403 g/mol. The highest BCUT2D eigenvalue weighted by Crippen LogP contribution is 2.34. The molecule has 1 atom stereocenters. The Bertz CT molecular complexity index is 834. The van der Waals surface area contributed by atoms with Crippen molar-refractivity contribution in [3.8, 4) is 5.75 Å². The molecule has 1 fully saturated rings. The summed E-state index contributed by atoms with van der Waals surface area (Å²) >= 11 is 1.41. The molecule has 150 valence electrons. The molecular formula is C20H26N4O3S. The summed E-state index contributed by atoms with van der Waals surface area (Å²) in [5.74, 6) is 0.307. The van der Waals surface area contributed by atoms with Gasteiger partial charge < -0.3 is 15.0 Å². The zero-order valence-corrected chi connectivity index (χ0v) is 17.3. The minimum Gasteiger partial charge on any atom is -0.492 e. The second kappa shape index (κ2) is 9.14. The van der Waals surface area contributed by atoms with Crippen LogP contribution in [0.4, 0.5) is 10.8 Å². The van der Waals surface area contributed by atoms with Crippen molar-refractivity contribution in [1.29, 1.82) is 0 Å². The van der Waals surface area contributed by atoms with Crippen LogP contribution in [0.1, 0.15) is 51.0 Å². The van der Waals surface area contributed by atoms with E-state index < -0.39 is 5.92 Å². The van der Waals surface area contributed by atoms with Crippen molar-refractivity contribution in [2.45, 2.75) is 46.0 Å². The van der Waals surface area contributed by atoms with Crippen LogP contribution in [0.15, 0.2) is 24.3 Å². The monoisotopic (exact) mass is 402 g/mol. The van der Waals surface area contributed by atoms with Crippen LogP contribution in [0.5, 0.6) is 5.75 Å².